The largest absolute Gasteiger partial charge is 0.352 e. The maximum absolute atomic E-state index is 13.7. The maximum atomic E-state index is 13.7. The molecule has 5 rings (SSSR count). The number of pyridine rings is 1. The number of carbonyl (C=O) groups is 3. The molecule has 0 spiro atoms. The number of ketones is 1. The summed E-state index contributed by atoms with van der Waals surface area (Å²) in [5.74, 6) is -4.10. The van der Waals surface area contributed by atoms with Crippen molar-refractivity contribution >= 4 is 40.7 Å². The summed E-state index contributed by atoms with van der Waals surface area (Å²) in [7, 11) is 0. The Morgan fingerprint density at radius 2 is 1.89 bits per heavy atom. The molecule has 1 aromatic heterocycles. The molecule has 192 valence electrons. The van der Waals surface area contributed by atoms with Gasteiger partial charge in [-0.05, 0) is 47.4 Å². The third-order valence-corrected chi connectivity index (χ3v) is 6.89. The van der Waals surface area contributed by atoms with Crippen LogP contribution in [0.1, 0.15) is 56.7 Å². The number of alkyl halides is 2. The molecule has 1 N–H and O–H groups in total. The van der Waals surface area contributed by atoms with E-state index in [1.807, 2.05) is 42.5 Å². The Kier molecular flexibility index (Phi) is 6.72. The van der Waals surface area contributed by atoms with Crippen LogP contribution in [0.15, 0.2) is 48.7 Å². The van der Waals surface area contributed by atoms with Crippen LogP contribution in [0.4, 0.5) is 8.78 Å². The van der Waals surface area contributed by atoms with Gasteiger partial charge in [-0.2, -0.15) is 5.26 Å². The third-order valence-electron chi connectivity index (χ3n) is 6.89. The molecule has 7 nitrogen and oxygen atoms in total. The van der Waals surface area contributed by atoms with Gasteiger partial charge in [-0.1, -0.05) is 30.4 Å². The van der Waals surface area contributed by atoms with E-state index in [0.717, 1.165) is 28.0 Å². The van der Waals surface area contributed by atoms with Crippen LogP contribution in [0.5, 0.6) is 0 Å². The lowest BCUT2D eigenvalue weighted by Gasteiger charge is -2.18. The Bertz CT molecular complexity index is 1530. The number of hydrogen-bond donors (Lipinski definition) is 1. The number of likely N-dealkylation sites (tertiary alicyclic amines) is 1. The second-order valence-electron chi connectivity index (χ2n) is 9.54. The molecular weight excluding hydrogens is 490 g/mol. The molecule has 9 heteroatoms. The molecule has 0 saturated carbocycles. The molecule has 1 fully saturated rings. The first kappa shape index (κ1) is 25.2. The van der Waals surface area contributed by atoms with E-state index in [1.54, 1.807) is 18.2 Å². The van der Waals surface area contributed by atoms with Gasteiger partial charge < -0.3 is 10.2 Å². The standard InChI is InChI=1S/C29H24F2N4O3/c30-29(31)15-21(16-32)35(17-29)27(37)8-7-26(36)23-10-12-33-25-6-4-19(14-24(23)25)2-1-18-3-5-22-20(13-18)9-11-34-28(22)38/h1-6,10,12-14,21H,7-9,11,15,17H2,(H,34,38)/b2-1+/t21-/m0/s1. The number of aromatic nitrogens is 1. The Balaban J connectivity index is 1.32. The minimum Gasteiger partial charge on any atom is -0.352 e. The van der Waals surface area contributed by atoms with E-state index < -0.39 is 30.8 Å². The lowest BCUT2D eigenvalue weighted by Crippen LogP contribution is -2.36. The fourth-order valence-corrected chi connectivity index (χ4v) is 4.95. The number of benzene rings is 2. The second kappa shape index (κ2) is 10.1. The van der Waals surface area contributed by atoms with Gasteiger partial charge in [0, 0.05) is 48.5 Å². The molecule has 0 unspecified atom stereocenters. The Morgan fingerprint density at radius 3 is 2.68 bits per heavy atom. The number of rotatable bonds is 6. The maximum Gasteiger partial charge on any atom is 0.268 e. The molecule has 38 heavy (non-hydrogen) atoms. The lowest BCUT2D eigenvalue weighted by molar-refractivity contribution is -0.132. The van der Waals surface area contributed by atoms with Gasteiger partial charge in [0.05, 0.1) is 18.1 Å². The van der Waals surface area contributed by atoms with Gasteiger partial charge in [0.1, 0.15) is 6.04 Å². The molecule has 2 aromatic carbocycles. The highest BCUT2D eigenvalue weighted by atomic mass is 19.3. The van der Waals surface area contributed by atoms with E-state index >= 15 is 0 Å². The number of nitrogens with one attached hydrogen (secondary N) is 1. The first-order valence-corrected chi connectivity index (χ1v) is 12.3. The van der Waals surface area contributed by atoms with Crippen molar-refractivity contribution in [3.05, 3.63) is 76.5 Å². The fourth-order valence-electron chi connectivity index (χ4n) is 4.95. The number of amides is 2. The van der Waals surface area contributed by atoms with E-state index in [0.29, 0.717) is 28.6 Å². The Morgan fingerprint density at radius 1 is 1.13 bits per heavy atom. The molecule has 2 aliphatic heterocycles. The summed E-state index contributed by atoms with van der Waals surface area (Å²) in [6.07, 6.45) is 5.02. The molecule has 3 aromatic rings. The van der Waals surface area contributed by atoms with Gasteiger partial charge >= 0.3 is 0 Å². The quantitative estimate of drug-likeness (QED) is 0.388. The zero-order chi connectivity index (χ0) is 26.9. The minimum atomic E-state index is -3.10. The molecular formula is C29H24F2N4O3. The second-order valence-corrected chi connectivity index (χ2v) is 9.54. The number of nitriles is 1. The van der Waals surface area contributed by atoms with Crippen molar-refractivity contribution in [1.82, 2.24) is 15.2 Å². The normalized spacial score (nSPS) is 18.3. The van der Waals surface area contributed by atoms with Crippen molar-refractivity contribution in [2.75, 3.05) is 13.1 Å². The summed E-state index contributed by atoms with van der Waals surface area (Å²) < 4.78 is 27.4. The number of hydrogen-bond acceptors (Lipinski definition) is 5. The molecule has 0 bridgehead atoms. The number of nitrogens with zero attached hydrogens (tertiary/aromatic N) is 3. The zero-order valence-electron chi connectivity index (χ0n) is 20.4. The van der Waals surface area contributed by atoms with Crippen molar-refractivity contribution in [3.63, 3.8) is 0 Å². The summed E-state index contributed by atoms with van der Waals surface area (Å²) in [6.45, 7) is -0.188. The third kappa shape index (κ3) is 5.16. The van der Waals surface area contributed by atoms with Gasteiger partial charge in [0.2, 0.25) is 5.91 Å². The molecule has 3 heterocycles. The van der Waals surface area contributed by atoms with E-state index in [4.69, 9.17) is 5.26 Å². The molecule has 2 aliphatic rings. The van der Waals surface area contributed by atoms with Crippen LogP contribution in [0.2, 0.25) is 0 Å². The summed E-state index contributed by atoms with van der Waals surface area (Å²) in [5, 5.41) is 12.6. The summed E-state index contributed by atoms with van der Waals surface area (Å²) >= 11 is 0. The highest BCUT2D eigenvalue weighted by Crippen LogP contribution is 2.32. The summed E-state index contributed by atoms with van der Waals surface area (Å²) in [4.78, 5) is 42.7. The van der Waals surface area contributed by atoms with Crippen LogP contribution < -0.4 is 5.32 Å². The zero-order valence-corrected chi connectivity index (χ0v) is 20.4. The van der Waals surface area contributed by atoms with E-state index in [1.165, 1.54) is 6.20 Å². The average molecular weight is 515 g/mol. The van der Waals surface area contributed by atoms with Gasteiger partial charge in [0.15, 0.2) is 5.78 Å². The van der Waals surface area contributed by atoms with Crippen molar-refractivity contribution in [3.8, 4) is 6.07 Å². The van der Waals surface area contributed by atoms with E-state index in [9.17, 15) is 23.2 Å². The number of carbonyl (C=O) groups excluding carboxylic acids is 3. The van der Waals surface area contributed by atoms with Crippen LogP contribution in [-0.2, 0) is 11.2 Å². The van der Waals surface area contributed by atoms with Crippen molar-refractivity contribution < 1.29 is 23.2 Å². The van der Waals surface area contributed by atoms with E-state index in [2.05, 4.69) is 10.3 Å². The van der Waals surface area contributed by atoms with Gasteiger partial charge in [-0.3, -0.25) is 19.4 Å². The molecule has 0 aliphatic carbocycles. The minimum absolute atomic E-state index is 0.0639. The Labute approximate surface area is 217 Å². The molecule has 1 saturated heterocycles. The Hall–Kier alpha value is -4.45. The van der Waals surface area contributed by atoms with Crippen LogP contribution in [0.25, 0.3) is 23.1 Å². The number of halogens is 2. The average Bonchev–Trinajstić information content (AvgIpc) is 3.24. The topological polar surface area (TPSA) is 103 Å². The van der Waals surface area contributed by atoms with Gasteiger partial charge in [0.25, 0.3) is 11.8 Å². The molecule has 0 radical (unpaired) electrons. The van der Waals surface area contributed by atoms with Crippen LogP contribution in [-0.4, -0.2) is 52.5 Å². The number of fused-ring (bicyclic) bond motifs is 2. The monoisotopic (exact) mass is 514 g/mol. The first-order chi connectivity index (χ1) is 18.2. The number of Topliss-reactive ketones (excluding diaryl/α,β-unsaturated/α-hetero) is 1. The summed E-state index contributed by atoms with van der Waals surface area (Å²) in [5.41, 5.74) is 4.47. The predicted octanol–water partition coefficient (Wildman–Crippen LogP) is 4.41. The predicted molar refractivity (Wildman–Crippen MR) is 137 cm³/mol. The molecule has 2 amide bonds. The van der Waals surface area contributed by atoms with Gasteiger partial charge in [-0.15, -0.1) is 0 Å². The van der Waals surface area contributed by atoms with Crippen molar-refractivity contribution in [2.24, 2.45) is 0 Å². The van der Waals surface area contributed by atoms with Crippen LogP contribution in [0.3, 0.4) is 0 Å². The highest BCUT2D eigenvalue weighted by molar-refractivity contribution is 6.08. The van der Waals surface area contributed by atoms with Crippen molar-refractivity contribution in [2.45, 2.75) is 37.6 Å². The smallest absolute Gasteiger partial charge is 0.268 e. The van der Waals surface area contributed by atoms with Crippen LogP contribution in [0, 0.1) is 11.3 Å². The SMILES string of the molecule is N#C[C@@H]1CC(F)(F)CN1C(=O)CCC(=O)c1ccnc2ccc(/C=C/c3ccc4c(c3)CCNC4=O)cc12. The summed E-state index contributed by atoms with van der Waals surface area (Å²) in [6, 6.07) is 13.4. The first-order valence-electron chi connectivity index (χ1n) is 12.3. The molecule has 1 atom stereocenters. The van der Waals surface area contributed by atoms with E-state index in [-0.39, 0.29) is 24.5 Å². The van der Waals surface area contributed by atoms with Crippen LogP contribution >= 0.6 is 0 Å². The lowest BCUT2D eigenvalue weighted by atomic mass is 9.97. The highest BCUT2D eigenvalue weighted by Gasteiger charge is 2.47. The van der Waals surface area contributed by atoms with Gasteiger partial charge in [-0.25, -0.2) is 8.78 Å². The van der Waals surface area contributed by atoms with Crippen molar-refractivity contribution in [1.29, 1.82) is 5.26 Å². The fraction of sp³-hybridized carbons (Fsp3) is 0.276.